The summed E-state index contributed by atoms with van der Waals surface area (Å²) in [7, 11) is 0. The van der Waals surface area contributed by atoms with Crippen molar-refractivity contribution in [2.75, 3.05) is 19.8 Å². The number of hydrogen-bond donors (Lipinski definition) is 2. The molecule has 0 saturated carbocycles. The third-order valence-electron chi connectivity index (χ3n) is 1.86. The van der Waals surface area contributed by atoms with Crippen molar-refractivity contribution in [2.24, 2.45) is 0 Å². The molecule has 0 aromatic heterocycles. The predicted octanol–water partition coefficient (Wildman–Crippen LogP) is -0.336. The summed E-state index contributed by atoms with van der Waals surface area (Å²) in [5.74, 6) is -0.0408. The van der Waals surface area contributed by atoms with Crippen LogP contribution < -0.4 is 5.32 Å². The molecular formula is C8H15NO3. The number of carbonyl (C=O) groups excluding carboxylic acids is 1. The molecule has 0 radical (unpaired) electrons. The summed E-state index contributed by atoms with van der Waals surface area (Å²) in [5.41, 5.74) is 0. The molecule has 1 fully saturated rings. The van der Waals surface area contributed by atoms with Crippen molar-refractivity contribution in [1.82, 2.24) is 5.32 Å². The van der Waals surface area contributed by atoms with Crippen LogP contribution in [-0.2, 0) is 9.53 Å². The summed E-state index contributed by atoms with van der Waals surface area (Å²) in [6.07, 6.45) is 2.16. The number of nitrogens with one attached hydrogen (secondary N) is 1. The summed E-state index contributed by atoms with van der Waals surface area (Å²) >= 11 is 0. The quantitative estimate of drug-likeness (QED) is 0.572. The smallest absolute Gasteiger partial charge is 0.249 e. The van der Waals surface area contributed by atoms with Gasteiger partial charge in [-0.05, 0) is 19.3 Å². The van der Waals surface area contributed by atoms with E-state index in [2.05, 4.69) is 5.32 Å². The Morgan fingerprint density at radius 1 is 1.67 bits per heavy atom. The van der Waals surface area contributed by atoms with Crippen LogP contribution in [0.4, 0.5) is 0 Å². The molecule has 4 heteroatoms. The Morgan fingerprint density at radius 2 is 2.50 bits per heavy atom. The second-order valence-corrected chi connectivity index (χ2v) is 2.87. The van der Waals surface area contributed by atoms with Crippen molar-refractivity contribution in [3.63, 3.8) is 0 Å². The van der Waals surface area contributed by atoms with Crippen LogP contribution in [0.2, 0.25) is 0 Å². The van der Waals surface area contributed by atoms with Gasteiger partial charge < -0.3 is 15.2 Å². The van der Waals surface area contributed by atoms with Gasteiger partial charge in [-0.15, -0.1) is 0 Å². The van der Waals surface area contributed by atoms with Crippen LogP contribution in [0.5, 0.6) is 0 Å². The molecular weight excluding hydrogens is 158 g/mol. The first kappa shape index (κ1) is 9.48. The minimum atomic E-state index is -0.247. The molecule has 1 aliphatic heterocycles. The third kappa shape index (κ3) is 2.79. The molecule has 12 heavy (non-hydrogen) atoms. The van der Waals surface area contributed by atoms with Crippen molar-refractivity contribution in [3.8, 4) is 0 Å². The van der Waals surface area contributed by atoms with Crippen molar-refractivity contribution >= 4 is 5.91 Å². The first-order valence-corrected chi connectivity index (χ1v) is 4.35. The Labute approximate surface area is 71.9 Å². The van der Waals surface area contributed by atoms with Gasteiger partial charge in [0.05, 0.1) is 0 Å². The first-order valence-electron chi connectivity index (χ1n) is 4.35. The number of hydrogen-bond acceptors (Lipinski definition) is 3. The van der Waals surface area contributed by atoms with Crippen LogP contribution in [0, 0.1) is 0 Å². The number of rotatable bonds is 4. The highest BCUT2D eigenvalue weighted by molar-refractivity contribution is 5.80. The molecule has 2 N–H and O–H groups in total. The van der Waals surface area contributed by atoms with Gasteiger partial charge >= 0.3 is 0 Å². The molecule has 0 aliphatic carbocycles. The van der Waals surface area contributed by atoms with E-state index in [9.17, 15) is 4.79 Å². The monoisotopic (exact) mass is 173 g/mol. The van der Waals surface area contributed by atoms with E-state index in [0.717, 1.165) is 12.8 Å². The summed E-state index contributed by atoms with van der Waals surface area (Å²) < 4.78 is 5.17. The number of ether oxygens (including phenoxy) is 1. The highest BCUT2D eigenvalue weighted by atomic mass is 16.5. The Balaban J connectivity index is 2.10. The van der Waals surface area contributed by atoms with Crippen LogP contribution in [0.3, 0.4) is 0 Å². The molecule has 4 nitrogen and oxygen atoms in total. The number of carbonyl (C=O) groups is 1. The van der Waals surface area contributed by atoms with Crippen molar-refractivity contribution in [1.29, 1.82) is 0 Å². The fourth-order valence-corrected chi connectivity index (χ4v) is 1.19. The van der Waals surface area contributed by atoms with Gasteiger partial charge in [0.2, 0.25) is 5.91 Å². The van der Waals surface area contributed by atoms with Gasteiger partial charge in [-0.2, -0.15) is 0 Å². The van der Waals surface area contributed by atoms with Crippen LogP contribution in [0.1, 0.15) is 19.3 Å². The van der Waals surface area contributed by atoms with E-state index in [-0.39, 0.29) is 18.6 Å². The summed E-state index contributed by atoms with van der Waals surface area (Å²) in [5, 5.41) is 11.2. The maximum atomic E-state index is 11.2. The summed E-state index contributed by atoms with van der Waals surface area (Å²) in [4.78, 5) is 11.2. The summed E-state index contributed by atoms with van der Waals surface area (Å²) in [6.45, 7) is 1.35. The molecule has 1 aliphatic rings. The van der Waals surface area contributed by atoms with Gasteiger partial charge in [0.15, 0.2) is 0 Å². The zero-order valence-electron chi connectivity index (χ0n) is 7.08. The van der Waals surface area contributed by atoms with Gasteiger partial charge in [0.25, 0.3) is 0 Å². The lowest BCUT2D eigenvalue weighted by molar-refractivity contribution is -0.130. The molecule has 1 unspecified atom stereocenters. The standard InChI is InChI=1S/C8H15NO3/c10-5-2-4-9-8(11)7-3-1-6-12-7/h7,10H,1-6H2,(H,9,11). The maximum absolute atomic E-state index is 11.2. The Bertz CT molecular complexity index is 143. The normalized spacial score (nSPS) is 22.6. The maximum Gasteiger partial charge on any atom is 0.249 e. The molecule has 1 atom stereocenters. The molecule has 1 heterocycles. The van der Waals surface area contributed by atoms with Crippen molar-refractivity contribution in [2.45, 2.75) is 25.4 Å². The van der Waals surface area contributed by atoms with Gasteiger partial charge in [0.1, 0.15) is 6.10 Å². The SMILES string of the molecule is O=C(NCCCO)C1CCCO1. The molecule has 0 aromatic rings. The third-order valence-corrected chi connectivity index (χ3v) is 1.86. The average molecular weight is 173 g/mol. The van der Waals surface area contributed by atoms with Crippen LogP contribution in [0.25, 0.3) is 0 Å². The van der Waals surface area contributed by atoms with E-state index in [1.165, 1.54) is 0 Å². The molecule has 1 amide bonds. The first-order chi connectivity index (χ1) is 5.84. The van der Waals surface area contributed by atoms with Gasteiger partial charge in [-0.25, -0.2) is 0 Å². The van der Waals surface area contributed by atoms with E-state index >= 15 is 0 Å². The van der Waals surface area contributed by atoms with Crippen molar-refractivity contribution < 1.29 is 14.6 Å². The van der Waals surface area contributed by atoms with Crippen LogP contribution in [0.15, 0.2) is 0 Å². The van der Waals surface area contributed by atoms with E-state index in [4.69, 9.17) is 9.84 Å². The molecule has 1 rings (SSSR count). The fourth-order valence-electron chi connectivity index (χ4n) is 1.19. The van der Waals surface area contributed by atoms with E-state index in [1.54, 1.807) is 0 Å². The zero-order valence-corrected chi connectivity index (χ0v) is 7.08. The Hall–Kier alpha value is -0.610. The average Bonchev–Trinajstić information content (AvgIpc) is 2.56. The molecule has 0 aromatic carbocycles. The molecule has 70 valence electrons. The molecule has 0 bridgehead atoms. The van der Waals surface area contributed by atoms with E-state index in [0.29, 0.717) is 19.6 Å². The Kier molecular flexibility index (Phi) is 4.04. The van der Waals surface area contributed by atoms with E-state index in [1.807, 2.05) is 0 Å². The highest BCUT2D eigenvalue weighted by Gasteiger charge is 2.22. The van der Waals surface area contributed by atoms with Gasteiger partial charge in [0, 0.05) is 19.8 Å². The zero-order chi connectivity index (χ0) is 8.81. The van der Waals surface area contributed by atoms with Crippen molar-refractivity contribution in [3.05, 3.63) is 0 Å². The minimum Gasteiger partial charge on any atom is -0.396 e. The number of amides is 1. The lowest BCUT2D eigenvalue weighted by Crippen LogP contribution is -2.34. The summed E-state index contributed by atoms with van der Waals surface area (Å²) in [6, 6.07) is 0. The van der Waals surface area contributed by atoms with E-state index < -0.39 is 0 Å². The lowest BCUT2D eigenvalue weighted by Gasteiger charge is -2.09. The van der Waals surface area contributed by atoms with Gasteiger partial charge in [-0.1, -0.05) is 0 Å². The molecule has 1 saturated heterocycles. The second-order valence-electron chi connectivity index (χ2n) is 2.87. The predicted molar refractivity (Wildman–Crippen MR) is 43.7 cm³/mol. The minimum absolute atomic E-state index is 0.0408. The topological polar surface area (TPSA) is 58.6 Å². The largest absolute Gasteiger partial charge is 0.396 e. The number of aliphatic hydroxyl groups is 1. The Morgan fingerprint density at radius 3 is 3.08 bits per heavy atom. The van der Waals surface area contributed by atoms with Gasteiger partial charge in [-0.3, -0.25) is 4.79 Å². The second kappa shape index (κ2) is 5.11. The number of aliphatic hydroxyl groups excluding tert-OH is 1. The van der Waals surface area contributed by atoms with Crippen LogP contribution in [-0.4, -0.2) is 36.9 Å². The lowest BCUT2D eigenvalue weighted by atomic mass is 10.2. The fraction of sp³-hybridized carbons (Fsp3) is 0.875. The van der Waals surface area contributed by atoms with Crippen LogP contribution >= 0.6 is 0 Å². The highest BCUT2D eigenvalue weighted by Crippen LogP contribution is 2.11. The molecule has 0 spiro atoms.